The van der Waals surface area contributed by atoms with E-state index >= 15 is 0 Å². The molecule has 0 saturated carbocycles. The molecule has 1 heterocycles. The Balaban J connectivity index is 1.94. The van der Waals surface area contributed by atoms with E-state index in [4.69, 9.17) is 11.6 Å². The van der Waals surface area contributed by atoms with Crippen LogP contribution in [0.5, 0.6) is 0 Å². The summed E-state index contributed by atoms with van der Waals surface area (Å²) < 4.78 is 0. The highest BCUT2D eigenvalue weighted by Gasteiger charge is 2.14. The van der Waals surface area contributed by atoms with Crippen LogP contribution in [0.3, 0.4) is 0 Å². The number of benzene rings is 1. The van der Waals surface area contributed by atoms with Crippen LogP contribution in [-0.4, -0.2) is 23.1 Å². The third-order valence-corrected chi connectivity index (χ3v) is 4.63. The Bertz CT molecular complexity index is 674. The molecule has 2 rings (SSSR count). The molecule has 124 valence electrons. The van der Waals surface area contributed by atoms with Gasteiger partial charge in [-0.15, -0.1) is 11.3 Å². The third kappa shape index (κ3) is 5.52. The van der Waals surface area contributed by atoms with Gasteiger partial charge >= 0.3 is 6.03 Å². The Kier molecular flexibility index (Phi) is 5.65. The maximum absolute atomic E-state index is 11.7. The number of halogens is 1. The highest BCUT2D eigenvalue weighted by molar-refractivity contribution is 7.15. The highest BCUT2D eigenvalue weighted by atomic mass is 35.5. The van der Waals surface area contributed by atoms with E-state index in [2.05, 4.69) is 15.6 Å². The number of hydrogen-bond donors (Lipinski definition) is 2. The molecule has 0 aliphatic carbocycles. The number of nitrogens with zero attached hydrogens (tertiary/aromatic N) is 1. The quantitative estimate of drug-likeness (QED) is 0.857. The second kappa shape index (κ2) is 7.32. The van der Waals surface area contributed by atoms with Crippen molar-refractivity contribution in [2.45, 2.75) is 39.7 Å². The smallest absolute Gasteiger partial charge is 0.315 e. The molecule has 0 aliphatic rings. The fourth-order valence-corrected chi connectivity index (χ4v) is 3.24. The van der Waals surface area contributed by atoms with Gasteiger partial charge in [-0.25, -0.2) is 9.78 Å². The standard InChI is InChI=1S/C17H22ClN3OS/c1-11-14(9-10-19-16(22)21-17(2,3)4)23-15(20-11)12-5-7-13(18)8-6-12/h5-8H,9-10H2,1-4H3,(H2,19,21,22). The van der Waals surface area contributed by atoms with Crippen molar-refractivity contribution in [2.24, 2.45) is 0 Å². The molecular weight excluding hydrogens is 330 g/mol. The van der Waals surface area contributed by atoms with Crippen LogP contribution in [0.25, 0.3) is 10.6 Å². The highest BCUT2D eigenvalue weighted by Crippen LogP contribution is 2.28. The van der Waals surface area contributed by atoms with Crippen LogP contribution in [0.1, 0.15) is 31.3 Å². The molecule has 0 aliphatic heterocycles. The Hall–Kier alpha value is -1.59. The molecule has 2 aromatic rings. The Morgan fingerprint density at radius 3 is 2.52 bits per heavy atom. The van der Waals surface area contributed by atoms with Crippen molar-refractivity contribution in [3.8, 4) is 10.6 Å². The van der Waals surface area contributed by atoms with Crippen molar-refractivity contribution in [2.75, 3.05) is 6.54 Å². The normalized spacial score (nSPS) is 11.3. The lowest BCUT2D eigenvalue weighted by atomic mass is 10.1. The molecular formula is C17H22ClN3OS. The third-order valence-electron chi connectivity index (χ3n) is 3.11. The molecule has 0 spiro atoms. The minimum atomic E-state index is -0.230. The van der Waals surface area contributed by atoms with Gasteiger partial charge in [-0.2, -0.15) is 0 Å². The van der Waals surface area contributed by atoms with E-state index in [9.17, 15) is 4.79 Å². The Morgan fingerprint density at radius 2 is 1.91 bits per heavy atom. The minimum Gasteiger partial charge on any atom is -0.338 e. The monoisotopic (exact) mass is 351 g/mol. The van der Waals surface area contributed by atoms with Crippen molar-refractivity contribution < 1.29 is 4.79 Å². The molecule has 0 unspecified atom stereocenters. The summed E-state index contributed by atoms with van der Waals surface area (Å²) in [6.45, 7) is 8.46. The van der Waals surface area contributed by atoms with Gasteiger partial charge in [0.05, 0.1) is 5.69 Å². The molecule has 23 heavy (non-hydrogen) atoms. The molecule has 6 heteroatoms. The molecule has 1 aromatic heterocycles. The summed E-state index contributed by atoms with van der Waals surface area (Å²) in [5.74, 6) is 0. The lowest BCUT2D eigenvalue weighted by molar-refractivity contribution is 0.232. The molecule has 1 aromatic carbocycles. The number of hydrogen-bond acceptors (Lipinski definition) is 3. The number of carbonyl (C=O) groups is 1. The Morgan fingerprint density at radius 1 is 1.26 bits per heavy atom. The summed E-state index contributed by atoms with van der Waals surface area (Å²) in [7, 11) is 0. The van der Waals surface area contributed by atoms with E-state index in [-0.39, 0.29) is 11.6 Å². The molecule has 2 amide bonds. The first-order valence-electron chi connectivity index (χ1n) is 7.53. The second-order valence-corrected chi connectivity index (χ2v) is 7.94. The van der Waals surface area contributed by atoms with Crippen LogP contribution in [0, 0.1) is 6.92 Å². The number of aromatic nitrogens is 1. The van der Waals surface area contributed by atoms with Crippen LogP contribution in [0.4, 0.5) is 4.79 Å². The fraction of sp³-hybridized carbons (Fsp3) is 0.412. The van der Waals surface area contributed by atoms with Crippen molar-refractivity contribution in [1.82, 2.24) is 15.6 Å². The number of amides is 2. The van der Waals surface area contributed by atoms with Crippen molar-refractivity contribution in [1.29, 1.82) is 0 Å². The van der Waals surface area contributed by atoms with E-state index in [1.165, 1.54) is 4.88 Å². The first-order chi connectivity index (χ1) is 10.7. The summed E-state index contributed by atoms with van der Waals surface area (Å²) in [4.78, 5) is 17.5. The van der Waals surface area contributed by atoms with Crippen LogP contribution in [0.15, 0.2) is 24.3 Å². The van der Waals surface area contributed by atoms with Gasteiger partial charge in [0.25, 0.3) is 0 Å². The van der Waals surface area contributed by atoms with E-state index in [1.807, 2.05) is 52.0 Å². The molecule has 0 saturated heterocycles. The first-order valence-corrected chi connectivity index (χ1v) is 8.72. The zero-order chi connectivity index (χ0) is 17.0. The average molecular weight is 352 g/mol. The molecule has 2 N–H and O–H groups in total. The van der Waals surface area contributed by atoms with Gasteiger partial charge in [0.1, 0.15) is 5.01 Å². The van der Waals surface area contributed by atoms with Gasteiger partial charge in [0, 0.05) is 34.0 Å². The zero-order valence-corrected chi connectivity index (χ0v) is 15.4. The average Bonchev–Trinajstić information content (AvgIpc) is 2.79. The number of urea groups is 1. The van der Waals surface area contributed by atoms with Gasteiger partial charge in [0.2, 0.25) is 0 Å². The van der Waals surface area contributed by atoms with E-state index in [0.29, 0.717) is 6.54 Å². The maximum atomic E-state index is 11.7. The van der Waals surface area contributed by atoms with E-state index < -0.39 is 0 Å². The summed E-state index contributed by atoms with van der Waals surface area (Å²) in [5.41, 5.74) is 1.84. The van der Waals surface area contributed by atoms with Gasteiger partial charge in [0.15, 0.2) is 0 Å². The summed E-state index contributed by atoms with van der Waals surface area (Å²) in [6, 6.07) is 7.54. The SMILES string of the molecule is Cc1nc(-c2ccc(Cl)cc2)sc1CCNC(=O)NC(C)(C)C. The predicted molar refractivity (Wildman–Crippen MR) is 97.3 cm³/mol. The van der Waals surface area contributed by atoms with Crippen LogP contribution >= 0.6 is 22.9 Å². The van der Waals surface area contributed by atoms with Crippen LogP contribution < -0.4 is 10.6 Å². The lowest BCUT2D eigenvalue weighted by Crippen LogP contribution is -2.46. The van der Waals surface area contributed by atoms with Crippen LogP contribution in [-0.2, 0) is 6.42 Å². The van der Waals surface area contributed by atoms with Crippen molar-refractivity contribution in [3.63, 3.8) is 0 Å². The lowest BCUT2D eigenvalue weighted by Gasteiger charge is -2.20. The van der Waals surface area contributed by atoms with Crippen LogP contribution in [0.2, 0.25) is 5.02 Å². The van der Waals surface area contributed by atoms with Gasteiger partial charge < -0.3 is 10.6 Å². The number of thiazole rings is 1. The topological polar surface area (TPSA) is 54.0 Å². The number of carbonyl (C=O) groups excluding carboxylic acids is 1. The maximum Gasteiger partial charge on any atom is 0.315 e. The molecule has 0 radical (unpaired) electrons. The Labute approximate surface area is 146 Å². The number of aryl methyl sites for hydroxylation is 1. The van der Waals surface area contributed by atoms with E-state index in [0.717, 1.165) is 27.7 Å². The first kappa shape index (κ1) is 17.8. The summed E-state index contributed by atoms with van der Waals surface area (Å²) in [5, 5.41) is 7.46. The zero-order valence-electron chi connectivity index (χ0n) is 13.9. The molecule has 0 bridgehead atoms. The second-order valence-electron chi connectivity index (χ2n) is 6.42. The molecule has 0 fully saturated rings. The summed E-state index contributed by atoms with van der Waals surface area (Å²) >= 11 is 7.57. The fourth-order valence-electron chi connectivity index (χ4n) is 2.05. The van der Waals surface area contributed by atoms with Gasteiger partial charge in [-0.1, -0.05) is 23.7 Å². The number of nitrogens with one attached hydrogen (secondary N) is 2. The largest absolute Gasteiger partial charge is 0.338 e. The van der Waals surface area contributed by atoms with Gasteiger partial charge in [-0.05, 0) is 39.8 Å². The summed E-state index contributed by atoms with van der Waals surface area (Å²) in [6.07, 6.45) is 0.772. The predicted octanol–water partition coefficient (Wildman–Crippen LogP) is 4.41. The van der Waals surface area contributed by atoms with Gasteiger partial charge in [-0.3, -0.25) is 0 Å². The number of rotatable bonds is 4. The molecule has 0 atom stereocenters. The van der Waals surface area contributed by atoms with Crippen molar-refractivity contribution in [3.05, 3.63) is 39.9 Å². The minimum absolute atomic E-state index is 0.141. The molecule has 4 nitrogen and oxygen atoms in total. The van der Waals surface area contributed by atoms with E-state index in [1.54, 1.807) is 11.3 Å². The van der Waals surface area contributed by atoms with Crippen molar-refractivity contribution >= 4 is 29.0 Å².